The molecule has 3 aromatic rings. The average Bonchev–Trinajstić information content (AvgIpc) is 3.16. The van der Waals surface area contributed by atoms with E-state index in [1.807, 2.05) is 16.8 Å². The number of carbonyl (C=O) groups excluding carboxylic acids is 1. The highest BCUT2D eigenvalue weighted by Gasteiger charge is 2.31. The molecule has 1 N–H and O–H groups in total. The van der Waals surface area contributed by atoms with Crippen molar-refractivity contribution in [1.29, 1.82) is 0 Å². The molecule has 0 bridgehead atoms. The fourth-order valence-electron chi connectivity index (χ4n) is 2.78. The van der Waals surface area contributed by atoms with Crippen LogP contribution >= 0.6 is 11.3 Å². The number of hydrogen-bond acceptors (Lipinski definition) is 3. The normalized spacial score (nSPS) is 17.1. The van der Waals surface area contributed by atoms with Crippen molar-refractivity contribution >= 4 is 23.1 Å². The van der Waals surface area contributed by atoms with Crippen LogP contribution in [0.15, 0.2) is 47.4 Å². The minimum Gasteiger partial charge on any atom is -0.310 e. The number of amides is 1. The first kappa shape index (κ1) is 13.2. The van der Waals surface area contributed by atoms with E-state index in [0.717, 1.165) is 11.3 Å². The largest absolute Gasteiger partial charge is 0.310 e. The van der Waals surface area contributed by atoms with E-state index in [9.17, 15) is 9.18 Å². The first-order valence-corrected chi connectivity index (χ1v) is 7.82. The minimum absolute atomic E-state index is 0.0511. The van der Waals surface area contributed by atoms with E-state index >= 15 is 0 Å². The molecule has 6 heteroatoms. The Kier molecular flexibility index (Phi) is 3.04. The van der Waals surface area contributed by atoms with E-state index in [-0.39, 0.29) is 17.6 Å². The molecule has 0 radical (unpaired) electrons. The smallest absolute Gasteiger partial charge is 0.226 e. The summed E-state index contributed by atoms with van der Waals surface area (Å²) in [5.41, 5.74) is 2.55. The highest BCUT2D eigenvalue weighted by molar-refractivity contribution is 7.08. The summed E-state index contributed by atoms with van der Waals surface area (Å²) in [5.74, 6) is 0.196. The molecule has 2 aromatic heterocycles. The molecule has 3 heterocycles. The predicted octanol–water partition coefficient (Wildman–Crippen LogP) is 3.55. The molecule has 1 amide bonds. The summed E-state index contributed by atoms with van der Waals surface area (Å²) in [6, 6.07) is 8.24. The molecule has 0 saturated carbocycles. The van der Waals surface area contributed by atoms with Crippen molar-refractivity contribution in [3.63, 3.8) is 0 Å². The molecule has 0 spiro atoms. The Morgan fingerprint density at radius 2 is 2.27 bits per heavy atom. The SMILES string of the molecule is O=C1C[C@H](c2ccsc2)c2ncn(-c3cccc(F)c3)c2N1. The van der Waals surface area contributed by atoms with Gasteiger partial charge in [-0.05, 0) is 40.6 Å². The number of fused-ring (bicyclic) bond motifs is 1. The highest BCUT2D eigenvalue weighted by Crippen LogP contribution is 2.37. The fourth-order valence-corrected chi connectivity index (χ4v) is 3.49. The van der Waals surface area contributed by atoms with Gasteiger partial charge in [-0.15, -0.1) is 0 Å². The zero-order valence-electron chi connectivity index (χ0n) is 11.5. The van der Waals surface area contributed by atoms with Crippen LogP contribution in [0.4, 0.5) is 10.2 Å². The minimum atomic E-state index is -0.323. The maximum absolute atomic E-state index is 13.4. The molecular formula is C16H12FN3OS. The van der Waals surface area contributed by atoms with Crippen LogP contribution in [-0.4, -0.2) is 15.5 Å². The van der Waals surface area contributed by atoms with Crippen LogP contribution in [0.25, 0.3) is 5.69 Å². The van der Waals surface area contributed by atoms with Crippen molar-refractivity contribution in [2.75, 3.05) is 5.32 Å². The third kappa shape index (κ3) is 2.12. The van der Waals surface area contributed by atoms with Crippen LogP contribution in [-0.2, 0) is 4.79 Å². The van der Waals surface area contributed by atoms with E-state index in [4.69, 9.17) is 0 Å². The summed E-state index contributed by atoms with van der Waals surface area (Å²) in [5, 5.41) is 6.89. The van der Waals surface area contributed by atoms with Gasteiger partial charge in [0.2, 0.25) is 5.91 Å². The summed E-state index contributed by atoms with van der Waals surface area (Å²) in [6.07, 6.45) is 2.01. The van der Waals surface area contributed by atoms with Gasteiger partial charge in [0, 0.05) is 12.3 Å². The summed E-state index contributed by atoms with van der Waals surface area (Å²) >= 11 is 1.60. The van der Waals surface area contributed by atoms with Crippen molar-refractivity contribution in [3.8, 4) is 5.69 Å². The second-order valence-corrected chi connectivity index (χ2v) is 5.97. The monoisotopic (exact) mass is 313 g/mol. The Morgan fingerprint density at radius 3 is 3.05 bits per heavy atom. The van der Waals surface area contributed by atoms with E-state index < -0.39 is 0 Å². The third-order valence-electron chi connectivity index (χ3n) is 3.81. The lowest BCUT2D eigenvalue weighted by Crippen LogP contribution is -2.24. The Labute approximate surface area is 130 Å². The van der Waals surface area contributed by atoms with E-state index in [2.05, 4.69) is 10.3 Å². The van der Waals surface area contributed by atoms with Gasteiger partial charge in [0.15, 0.2) is 0 Å². The fraction of sp³-hybridized carbons (Fsp3) is 0.125. The Hall–Kier alpha value is -2.47. The number of halogens is 1. The summed E-state index contributed by atoms with van der Waals surface area (Å²) in [4.78, 5) is 16.5. The number of rotatable bonds is 2. The van der Waals surface area contributed by atoms with Gasteiger partial charge in [-0.25, -0.2) is 9.37 Å². The standard InChI is InChI=1S/C16H12FN3OS/c17-11-2-1-3-12(6-11)20-9-18-15-13(10-4-5-22-8-10)7-14(21)19-16(15)20/h1-6,8-9,13H,7H2,(H,19,21)/t13-/m1/s1. The molecule has 4 nitrogen and oxygen atoms in total. The van der Waals surface area contributed by atoms with Crippen LogP contribution in [0.5, 0.6) is 0 Å². The number of imidazole rings is 1. The molecule has 1 atom stereocenters. The molecule has 0 fully saturated rings. The number of aromatic nitrogens is 2. The number of carbonyl (C=O) groups is 1. The van der Waals surface area contributed by atoms with Crippen molar-refractivity contribution in [2.24, 2.45) is 0 Å². The highest BCUT2D eigenvalue weighted by atomic mass is 32.1. The first-order chi connectivity index (χ1) is 10.7. The second-order valence-electron chi connectivity index (χ2n) is 5.19. The van der Waals surface area contributed by atoms with Crippen LogP contribution in [0.1, 0.15) is 23.6 Å². The quantitative estimate of drug-likeness (QED) is 0.786. The first-order valence-electron chi connectivity index (χ1n) is 6.87. The van der Waals surface area contributed by atoms with E-state index in [1.165, 1.54) is 12.1 Å². The maximum Gasteiger partial charge on any atom is 0.226 e. The number of nitrogens with one attached hydrogen (secondary N) is 1. The Morgan fingerprint density at radius 1 is 1.36 bits per heavy atom. The van der Waals surface area contributed by atoms with Crippen LogP contribution < -0.4 is 5.32 Å². The lowest BCUT2D eigenvalue weighted by molar-refractivity contribution is -0.116. The van der Waals surface area contributed by atoms with Gasteiger partial charge in [-0.3, -0.25) is 9.36 Å². The van der Waals surface area contributed by atoms with Crippen molar-refractivity contribution in [2.45, 2.75) is 12.3 Å². The topological polar surface area (TPSA) is 46.9 Å². The van der Waals surface area contributed by atoms with Gasteiger partial charge in [0.05, 0.1) is 11.4 Å². The van der Waals surface area contributed by atoms with E-state index in [1.54, 1.807) is 34.4 Å². The molecule has 0 unspecified atom stereocenters. The van der Waals surface area contributed by atoms with Gasteiger partial charge in [-0.2, -0.15) is 11.3 Å². The van der Waals surface area contributed by atoms with Gasteiger partial charge in [0.1, 0.15) is 18.0 Å². The van der Waals surface area contributed by atoms with Crippen LogP contribution in [0, 0.1) is 5.82 Å². The number of nitrogens with zero attached hydrogens (tertiary/aromatic N) is 2. The Balaban J connectivity index is 1.84. The maximum atomic E-state index is 13.4. The van der Waals surface area contributed by atoms with Crippen LogP contribution in [0.2, 0.25) is 0 Å². The molecular weight excluding hydrogens is 301 g/mol. The molecule has 110 valence electrons. The van der Waals surface area contributed by atoms with Crippen molar-refractivity contribution in [3.05, 3.63) is 64.5 Å². The number of anilines is 1. The molecule has 1 aliphatic heterocycles. The molecule has 22 heavy (non-hydrogen) atoms. The van der Waals surface area contributed by atoms with Gasteiger partial charge >= 0.3 is 0 Å². The zero-order chi connectivity index (χ0) is 15.1. The third-order valence-corrected chi connectivity index (χ3v) is 4.51. The van der Waals surface area contributed by atoms with Gasteiger partial charge in [0.25, 0.3) is 0 Å². The summed E-state index contributed by atoms with van der Waals surface area (Å²) < 4.78 is 15.2. The molecule has 1 aliphatic rings. The number of hydrogen-bond donors (Lipinski definition) is 1. The summed E-state index contributed by atoms with van der Waals surface area (Å²) in [6.45, 7) is 0. The predicted molar refractivity (Wildman–Crippen MR) is 82.9 cm³/mol. The second kappa shape index (κ2) is 5.06. The van der Waals surface area contributed by atoms with Gasteiger partial charge in [-0.1, -0.05) is 6.07 Å². The van der Waals surface area contributed by atoms with Crippen molar-refractivity contribution in [1.82, 2.24) is 9.55 Å². The Bertz CT molecular complexity index is 841. The van der Waals surface area contributed by atoms with Crippen LogP contribution in [0.3, 0.4) is 0 Å². The van der Waals surface area contributed by atoms with Gasteiger partial charge < -0.3 is 5.32 Å². The van der Waals surface area contributed by atoms with Crippen molar-refractivity contribution < 1.29 is 9.18 Å². The number of thiophene rings is 1. The molecule has 1 aromatic carbocycles. The molecule has 0 aliphatic carbocycles. The molecule has 0 saturated heterocycles. The zero-order valence-corrected chi connectivity index (χ0v) is 12.3. The lowest BCUT2D eigenvalue weighted by Gasteiger charge is -2.22. The summed E-state index contributed by atoms with van der Waals surface area (Å²) in [7, 11) is 0. The lowest BCUT2D eigenvalue weighted by atomic mass is 9.92. The van der Waals surface area contributed by atoms with E-state index in [0.29, 0.717) is 17.9 Å². The molecule has 4 rings (SSSR count). The number of benzene rings is 1. The average molecular weight is 313 g/mol.